The predicted octanol–water partition coefficient (Wildman–Crippen LogP) is 2.87. The average molecular weight is 188 g/mol. The molecule has 0 aliphatic heterocycles. The molecule has 0 amide bonds. The highest BCUT2D eigenvalue weighted by atomic mass is 16.1. The van der Waals surface area contributed by atoms with Crippen molar-refractivity contribution >= 4 is 5.78 Å². The molecule has 0 saturated heterocycles. The van der Waals surface area contributed by atoms with Gasteiger partial charge in [-0.05, 0) is 37.3 Å². The molecule has 1 aliphatic carbocycles. The number of hydrogen-bond donors (Lipinski definition) is 0. The Hall–Kier alpha value is -1.11. The van der Waals surface area contributed by atoms with Crippen molar-refractivity contribution in [1.82, 2.24) is 0 Å². The van der Waals surface area contributed by atoms with E-state index in [9.17, 15) is 4.79 Å². The number of carbonyl (C=O) groups is 1. The summed E-state index contributed by atoms with van der Waals surface area (Å²) in [5, 5.41) is 0. The number of aryl methyl sites for hydroxylation is 1. The van der Waals surface area contributed by atoms with Crippen molar-refractivity contribution in [3.63, 3.8) is 0 Å². The summed E-state index contributed by atoms with van der Waals surface area (Å²) in [4.78, 5) is 11.5. The van der Waals surface area contributed by atoms with Crippen LogP contribution in [0.15, 0.2) is 24.3 Å². The van der Waals surface area contributed by atoms with Gasteiger partial charge in [-0.15, -0.1) is 0 Å². The molecule has 74 valence electrons. The van der Waals surface area contributed by atoms with Crippen molar-refractivity contribution in [2.75, 3.05) is 0 Å². The number of carbonyl (C=O) groups excluding carboxylic acids is 1. The molecule has 1 fully saturated rings. The first-order valence-electron chi connectivity index (χ1n) is 5.29. The molecule has 0 atom stereocenters. The Balaban J connectivity index is 2.37. The van der Waals surface area contributed by atoms with Crippen LogP contribution in [-0.4, -0.2) is 5.78 Å². The molecule has 1 saturated carbocycles. The van der Waals surface area contributed by atoms with E-state index in [1.807, 2.05) is 0 Å². The van der Waals surface area contributed by atoms with Gasteiger partial charge < -0.3 is 0 Å². The van der Waals surface area contributed by atoms with E-state index in [0.29, 0.717) is 5.78 Å². The van der Waals surface area contributed by atoms with Crippen LogP contribution in [0.3, 0.4) is 0 Å². The predicted molar refractivity (Wildman–Crippen MR) is 57.4 cm³/mol. The van der Waals surface area contributed by atoms with E-state index in [2.05, 4.69) is 31.2 Å². The van der Waals surface area contributed by atoms with Gasteiger partial charge in [0.2, 0.25) is 0 Å². The largest absolute Gasteiger partial charge is 0.299 e. The zero-order valence-corrected chi connectivity index (χ0v) is 8.84. The number of ketones is 1. The van der Waals surface area contributed by atoms with Crippen molar-refractivity contribution < 1.29 is 4.79 Å². The molecular weight excluding hydrogens is 172 g/mol. The maximum absolute atomic E-state index is 11.5. The molecule has 0 N–H and O–H groups in total. The van der Waals surface area contributed by atoms with Crippen molar-refractivity contribution in [3.8, 4) is 0 Å². The highest BCUT2D eigenvalue weighted by Gasteiger charge is 2.48. The normalized spacial score (nSPS) is 17.9. The number of rotatable bonds is 3. The summed E-state index contributed by atoms with van der Waals surface area (Å²) < 4.78 is 0. The molecule has 14 heavy (non-hydrogen) atoms. The second-order valence-corrected chi connectivity index (χ2v) is 4.19. The maximum Gasteiger partial charge on any atom is 0.140 e. The first-order valence-corrected chi connectivity index (χ1v) is 5.29. The monoisotopic (exact) mass is 188 g/mol. The summed E-state index contributed by atoms with van der Waals surface area (Å²) in [5.41, 5.74) is 2.45. The van der Waals surface area contributed by atoms with Gasteiger partial charge in [0.25, 0.3) is 0 Å². The van der Waals surface area contributed by atoms with E-state index >= 15 is 0 Å². The Morgan fingerprint density at radius 3 is 2.64 bits per heavy atom. The summed E-state index contributed by atoms with van der Waals surface area (Å²) >= 11 is 0. The first kappa shape index (κ1) is 9.45. The lowest BCUT2D eigenvalue weighted by atomic mass is 9.90. The summed E-state index contributed by atoms with van der Waals surface area (Å²) in [5.74, 6) is 0.325. The van der Waals surface area contributed by atoms with Crippen LogP contribution < -0.4 is 0 Å². The zero-order chi connectivity index (χ0) is 10.2. The summed E-state index contributed by atoms with van der Waals surface area (Å²) in [6.07, 6.45) is 3.12. The van der Waals surface area contributed by atoms with E-state index in [-0.39, 0.29) is 5.41 Å². The maximum atomic E-state index is 11.5. The third-order valence-corrected chi connectivity index (χ3v) is 3.31. The molecule has 0 heterocycles. The fourth-order valence-corrected chi connectivity index (χ4v) is 2.06. The fraction of sp³-hybridized carbons (Fsp3) is 0.462. The third-order valence-electron chi connectivity index (χ3n) is 3.31. The minimum Gasteiger partial charge on any atom is -0.299 e. The smallest absolute Gasteiger partial charge is 0.140 e. The van der Waals surface area contributed by atoms with Crippen LogP contribution in [0.25, 0.3) is 0 Å². The van der Waals surface area contributed by atoms with Crippen LogP contribution in [0.4, 0.5) is 0 Å². The summed E-state index contributed by atoms with van der Waals surface area (Å²) in [6.45, 7) is 3.86. The lowest BCUT2D eigenvalue weighted by Crippen LogP contribution is -2.16. The minimum absolute atomic E-state index is 0.106. The van der Waals surface area contributed by atoms with Gasteiger partial charge in [-0.2, -0.15) is 0 Å². The summed E-state index contributed by atoms with van der Waals surface area (Å²) in [6, 6.07) is 8.47. The molecule has 1 heteroatoms. The Morgan fingerprint density at radius 2 is 2.14 bits per heavy atom. The van der Waals surface area contributed by atoms with Gasteiger partial charge in [0, 0.05) is 0 Å². The van der Waals surface area contributed by atoms with E-state index in [0.717, 1.165) is 19.3 Å². The minimum atomic E-state index is -0.106. The highest BCUT2D eigenvalue weighted by Crippen LogP contribution is 2.48. The summed E-state index contributed by atoms with van der Waals surface area (Å²) in [7, 11) is 0. The van der Waals surface area contributed by atoms with Crippen LogP contribution in [0.1, 0.15) is 37.8 Å². The molecular formula is C13H16O. The van der Waals surface area contributed by atoms with Crippen LogP contribution in [0.5, 0.6) is 0 Å². The topological polar surface area (TPSA) is 17.1 Å². The van der Waals surface area contributed by atoms with Gasteiger partial charge in [-0.1, -0.05) is 31.2 Å². The number of Topliss-reactive ketones (excluding diaryl/α,β-unsaturated/α-hetero) is 1. The lowest BCUT2D eigenvalue weighted by Gasteiger charge is -2.12. The van der Waals surface area contributed by atoms with Crippen molar-refractivity contribution in [3.05, 3.63) is 35.4 Å². The molecule has 0 unspecified atom stereocenters. The standard InChI is InChI=1S/C13H16O/c1-3-11-5-4-6-12(9-11)13(7-8-13)10(2)14/h4-6,9H,3,7-8H2,1-2H3. The van der Waals surface area contributed by atoms with E-state index in [4.69, 9.17) is 0 Å². The van der Waals surface area contributed by atoms with Crippen molar-refractivity contribution in [1.29, 1.82) is 0 Å². The zero-order valence-electron chi connectivity index (χ0n) is 8.84. The second-order valence-electron chi connectivity index (χ2n) is 4.19. The van der Waals surface area contributed by atoms with E-state index in [1.165, 1.54) is 11.1 Å². The van der Waals surface area contributed by atoms with E-state index in [1.54, 1.807) is 6.92 Å². The molecule has 1 aromatic carbocycles. The van der Waals surface area contributed by atoms with Gasteiger partial charge in [-0.25, -0.2) is 0 Å². The fourth-order valence-electron chi connectivity index (χ4n) is 2.06. The molecule has 1 nitrogen and oxygen atoms in total. The second kappa shape index (κ2) is 3.23. The molecule has 0 bridgehead atoms. The molecule has 1 aromatic rings. The third kappa shape index (κ3) is 1.37. The Kier molecular flexibility index (Phi) is 2.18. The Bertz CT molecular complexity index is 361. The van der Waals surface area contributed by atoms with Crippen molar-refractivity contribution in [2.24, 2.45) is 0 Å². The first-order chi connectivity index (χ1) is 6.69. The van der Waals surface area contributed by atoms with Gasteiger partial charge >= 0.3 is 0 Å². The molecule has 2 rings (SSSR count). The molecule has 0 aromatic heterocycles. The highest BCUT2D eigenvalue weighted by molar-refractivity contribution is 5.91. The van der Waals surface area contributed by atoms with Crippen LogP contribution in [-0.2, 0) is 16.6 Å². The van der Waals surface area contributed by atoms with Gasteiger partial charge in [0.15, 0.2) is 0 Å². The quantitative estimate of drug-likeness (QED) is 0.712. The van der Waals surface area contributed by atoms with Gasteiger partial charge in [-0.3, -0.25) is 4.79 Å². The molecule has 1 aliphatic rings. The number of hydrogen-bond acceptors (Lipinski definition) is 1. The number of benzene rings is 1. The lowest BCUT2D eigenvalue weighted by molar-refractivity contribution is -0.119. The van der Waals surface area contributed by atoms with Gasteiger partial charge in [0.1, 0.15) is 5.78 Å². The van der Waals surface area contributed by atoms with Crippen molar-refractivity contribution in [2.45, 2.75) is 38.5 Å². The Labute approximate surface area is 85.1 Å². The SMILES string of the molecule is CCc1cccc(C2(C(C)=O)CC2)c1. The molecule has 0 spiro atoms. The Morgan fingerprint density at radius 1 is 1.43 bits per heavy atom. The average Bonchev–Trinajstić information content (AvgIpc) is 2.98. The van der Waals surface area contributed by atoms with Crippen LogP contribution >= 0.6 is 0 Å². The van der Waals surface area contributed by atoms with E-state index < -0.39 is 0 Å². The molecule has 0 radical (unpaired) electrons. The van der Waals surface area contributed by atoms with Crippen LogP contribution in [0.2, 0.25) is 0 Å². The van der Waals surface area contributed by atoms with Gasteiger partial charge in [0.05, 0.1) is 5.41 Å². The van der Waals surface area contributed by atoms with Crippen LogP contribution in [0, 0.1) is 0 Å².